The Kier molecular flexibility index (Phi) is 5.02. The molecule has 2 N–H and O–H groups in total. The van der Waals surface area contributed by atoms with Crippen molar-refractivity contribution in [2.45, 2.75) is 6.54 Å². The van der Waals surface area contributed by atoms with Crippen LogP contribution in [0.1, 0.15) is 11.1 Å². The summed E-state index contributed by atoms with van der Waals surface area (Å²) in [7, 11) is 2.02. The first-order valence-electron chi connectivity index (χ1n) is 6.02. The molecule has 2 aromatic rings. The van der Waals surface area contributed by atoms with Gasteiger partial charge < -0.3 is 10.6 Å². The van der Waals surface area contributed by atoms with E-state index >= 15 is 0 Å². The zero-order valence-electron chi connectivity index (χ0n) is 10.9. The van der Waals surface area contributed by atoms with Crippen molar-refractivity contribution in [3.63, 3.8) is 0 Å². The molecule has 104 valence electrons. The molecule has 5 heteroatoms. The fourth-order valence-electron chi connectivity index (χ4n) is 1.90. The van der Waals surface area contributed by atoms with E-state index in [0.717, 1.165) is 16.7 Å². The van der Waals surface area contributed by atoms with Crippen molar-refractivity contribution >= 4 is 50.4 Å². The predicted molar refractivity (Wildman–Crippen MR) is 93.6 cm³/mol. The lowest BCUT2D eigenvalue weighted by atomic mass is 10.1. The van der Waals surface area contributed by atoms with Crippen molar-refractivity contribution in [1.29, 1.82) is 0 Å². The van der Waals surface area contributed by atoms with Gasteiger partial charge in [0, 0.05) is 29.3 Å². The van der Waals surface area contributed by atoms with Crippen molar-refractivity contribution < 1.29 is 0 Å². The van der Waals surface area contributed by atoms with Gasteiger partial charge in [0.2, 0.25) is 0 Å². The number of hydrogen-bond donors (Lipinski definition) is 1. The Morgan fingerprint density at radius 2 is 1.90 bits per heavy atom. The van der Waals surface area contributed by atoms with E-state index in [-0.39, 0.29) is 0 Å². The van der Waals surface area contributed by atoms with Crippen LogP contribution in [0.2, 0.25) is 5.02 Å². The minimum Gasteiger partial charge on any atom is -0.389 e. The largest absolute Gasteiger partial charge is 0.389 e. The normalized spacial score (nSPS) is 10.3. The third-order valence-corrected chi connectivity index (χ3v) is 4.05. The highest BCUT2D eigenvalue weighted by atomic mass is 79.9. The summed E-state index contributed by atoms with van der Waals surface area (Å²) in [5.74, 6) is 0. The summed E-state index contributed by atoms with van der Waals surface area (Å²) in [6, 6.07) is 14.0. The number of nitrogens with zero attached hydrogens (tertiary/aromatic N) is 1. The van der Waals surface area contributed by atoms with Gasteiger partial charge in [-0.05, 0) is 35.9 Å². The van der Waals surface area contributed by atoms with E-state index in [1.807, 2.05) is 37.4 Å². The molecule has 2 aromatic carbocycles. The van der Waals surface area contributed by atoms with E-state index in [4.69, 9.17) is 29.6 Å². The van der Waals surface area contributed by atoms with Gasteiger partial charge in [0.1, 0.15) is 4.99 Å². The van der Waals surface area contributed by atoms with Crippen LogP contribution < -0.4 is 10.6 Å². The Hall–Kier alpha value is -1.10. The number of nitrogens with two attached hydrogens (primary N) is 1. The Labute approximate surface area is 137 Å². The lowest BCUT2D eigenvalue weighted by Gasteiger charge is -2.20. The number of halogens is 2. The maximum atomic E-state index is 6.19. The van der Waals surface area contributed by atoms with Gasteiger partial charge in [-0.2, -0.15) is 0 Å². The maximum Gasteiger partial charge on any atom is 0.105 e. The van der Waals surface area contributed by atoms with Crippen LogP contribution in [0.3, 0.4) is 0 Å². The van der Waals surface area contributed by atoms with E-state index in [0.29, 0.717) is 15.6 Å². The fourth-order valence-corrected chi connectivity index (χ4v) is 2.67. The van der Waals surface area contributed by atoms with Gasteiger partial charge in [-0.3, -0.25) is 0 Å². The van der Waals surface area contributed by atoms with Gasteiger partial charge in [-0.1, -0.05) is 51.9 Å². The van der Waals surface area contributed by atoms with Crippen molar-refractivity contribution in [2.24, 2.45) is 5.73 Å². The monoisotopic (exact) mass is 368 g/mol. The minimum atomic E-state index is 0.317. The summed E-state index contributed by atoms with van der Waals surface area (Å²) in [5.41, 5.74) is 8.57. The molecule has 0 aromatic heterocycles. The standard InChI is InChI=1S/C15H14BrClN2S/c1-19(9-10-2-4-11(16)5-3-10)12-6-7-13(15(18)20)14(17)8-12/h2-8H,9H2,1H3,(H2,18,20). The van der Waals surface area contributed by atoms with E-state index < -0.39 is 0 Å². The number of rotatable bonds is 4. The molecule has 0 fully saturated rings. The number of thiocarbonyl (C=S) groups is 1. The van der Waals surface area contributed by atoms with Crippen LogP contribution in [0.25, 0.3) is 0 Å². The molecule has 0 unspecified atom stereocenters. The van der Waals surface area contributed by atoms with Crippen LogP contribution in [0, 0.1) is 0 Å². The Bertz CT molecular complexity index is 628. The molecule has 0 bridgehead atoms. The van der Waals surface area contributed by atoms with Crippen LogP contribution >= 0.6 is 39.7 Å². The van der Waals surface area contributed by atoms with Crippen LogP contribution in [-0.2, 0) is 6.54 Å². The molecule has 0 radical (unpaired) electrons. The minimum absolute atomic E-state index is 0.317. The molecule has 20 heavy (non-hydrogen) atoms. The molecule has 2 nitrogen and oxygen atoms in total. The lowest BCUT2D eigenvalue weighted by molar-refractivity contribution is 0.923. The molecule has 0 aliphatic carbocycles. The van der Waals surface area contributed by atoms with Crippen LogP contribution in [-0.4, -0.2) is 12.0 Å². The van der Waals surface area contributed by atoms with Crippen LogP contribution in [0.15, 0.2) is 46.9 Å². The average molecular weight is 370 g/mol. The number of hydrogen-bond acceptors (Lipinski definition) is 2. The molecular formula is C15H14BrClN2S. The second-order valence-electron chi connectivity index (χ2n) is 4.51. The highest BCUT2D eigenvalue weighted by molar-refractivity contribution is 9.10. The summed E-state index contributed by atoms with van der Waals surface area (Å²) < 4.78 is 1.08. The van der Waals surface area contributed by atoms with Gasteiger partial charge in [0.05, 0.1) is 5.02 Å². The van der Waals surface area contributed by atoms with Crippen molar-refractivity contribution in [3.8, 4) is 0 Å². The molecule has 0 aliphatic heterocycles. The number of benzene rings is 2. The number of anilines is 1. The zero-order valence-corrected chi connectivity index (χ0v) is 14.1. The highest BCUT2D eigenvalue weighted by Gasteiger charge is 2.07. The Morgan fingerprint density at radius 1 is 1.25 bits per heavy atom. The van der Waals surface area contributed by atoms with Gasteiger partial charge in [0.15, 0.2) is 0 Å². The van der Waals surface area contributed by atoms with E-state index in [9.17, 15) is 0 Å². The lowest BCUT2D eigenvalue weighted by Crippen LogP contribution is -2.17. The summed E-state index contributed by atoms with van der Waals surface area (Å²) in [5, 5.41) is 0.581. The Balaban J connectivity index is 2.17. The zero-order chi connectivity index (χ0) is 14.7. The molecular weight excluding hydrogens is 356 g/mol. The molecule has 0 spiro atoms. The maximum absolute atomic E-state index is 6.19. The molecule has 0 aliphatic rings. The van der Waals surface area contributed by atoms with Gasteiger partial charge in [-0.25, -0.2) is 0 Å². The first-order chi connectivity index (χ1) is 9.47. The molecule has 2 rings (SSSR count). The molecule has 0 saturated heterocycles. The van der Waals surface area contributed by atoms with Gasteiger partial charge in [-0.15, -0.1) is 0 Å². The van der Waals surface area contributed by atoms with Crippen LogP contribution in [0.4, 0.5) is 5.69 Å². The quantitative estimate of drug-likeness (QED) is 0.811. The summed E-state index contributed by atoms with van der Waals surface area (Å²) >= 11 is 14.6. The fraction of sp³-hybridized carbons (Fsp3) is 0.133. The smallest absolute Gasteiger partial charge is 0.105 e. The Morgan fingerprint density at radius 3 is 2.45 bits per heavy atom. The second-order valence-corrected chi connectivity index (χ2v) is 6.27. The highest BCUT2D eigenvalue weighted by Crippen LogP contribution is 2.24. The molecule has 0 saturated carbocycles. The van der Waals surface area contributed by atoms with Crippen LogP contribution in [0.5, 0.6) is 0 Å². The average Bonchev–Trinajstić information content (AvgIpc) is 2.40. The topological polar surface area (TPSA) is 29.3 Å². The molecule has 0 atom stereocenters. The predicted octanol–water partition coefficient (Wildman–Crippen LogP) is 4.37. The second kappa shape index (κ2) is 6.57. The SMILES string of the molecule is CN(Cc1ccc(Br)cc1)c1ccc(C(N)=S)c(Cl)c1. The third kappa shape index (κ3) is 3.72. The first-order valence-corrected chi connectivity index (χ1v) is 7.60. The summed E-state index contributed by atoms with van der Waals surface area (Å²) in [6.07, 6.45) is 0. The van der Waals surface area contributed by atoms with Gasteiger partial charge >= 0.3 is 0 Å². The molecule has 0 amide bonds. The third-order valence-electron chi connectivity index (χ3n) is 2.99. The van der Waals surface area contributed by atoms with Gasteiger partial charge in [0.25, 0.3) is 0 Å². The first kappa shape index (κ1) is 15.3. The van der Waals surface area contributed by atoms with Crippen molar-refractivity contribution in [3.05, 3.63) is 63.1 Å². The van der Waals surface area contributed by atoms with E-state index in [1.54, 1.807) is 0 Å². The molecule has 0 heterocycles. The van der Waals surface area contributed by atoms with Crippen molar-refractivity contribution in [1.82, 2.24) is 0 Å². The van der Waals surface area contributed by atoms with E-state index in [1.165, 1.54) is 5.56 Å². The summed E-state index contributed by atoms with van der Waals surface area (Å²) in [4.78, 5) is 2.44. The summed E-state index contributed by atoms with van der Waals surface area (Å²) in [6.45, 7) is 0.802. The van der Waals surface area contributed by atoms with E-state index in [2.05, 4.69) is 33.0 Å². The van der Waals surface area contributed by atoms with Crippen molar-refractivity contribution in [2.75, 3.05) is 11.9 Å².